The van der Waals surface area contributed by atoms with Crippen molar-refractivity contribution in [2.45, 2.75) is 39.0 Å². The summed E-state index contributed by atoms with van der Waals surface area (Å²) in [4.78, 5) is 0. The fourth-order valence-corrected chi connectivity index (χ4v) is 13.1. The minimum Gasteiger partial charge on any atom is -0.310 e. The van der Waals surface area contributed by atoms with Gasteiger partial charge in [-0.1, -0.05) is 197 Å². The molecule has 1 aromatic heterocycles. The maximum absolute atomic E-state index is 4.22. The van der Waals surface area contributed by atoms with Gasteiger partial charge in [0.2, 0.25) is 8.07 Å². The fourth-order valence-electron chi connectivity index (χ4n) is 9.28. The second kappa shape index (κ2) is 14.4. The van der Waals surface area contributed by atoms with Crippen LogP contribution >= 0.6 is 0 Å². The van der Waals surface area contributed by atoms with E-state index in [0.717, 1.165) is 18.4 Å². The monoisotopic (exact) mass is 759 g/mol. The third-order valence-electron chi connectivity index (χ3n) is 12.2. The van der Waals surface area contributed by atoms with Crippen molar-refractivity contribution in [3.63, 3.8) is 0 Å². The van der Waals surface area contributed by atoms with Gasteiger partial charge in [-0.15, -0.1) is 5.54 Å². The van der Waals surface area contributed by atoms with E-state index >= 15 is 0 Å². The molecule has 1 heterocycles. The fraction of sp³-hybridized carbons (Fsp3) is 0.107. The summed E-state index contributed by atoms with van der Waals surface area (Å²) in [6, 6.07) is 67.3. The van der Waals surface area contributed by atoms with Gasteiger partial charge >= 0.3 is 0 Å². The van der Waals surface area contributed by atoms with Gasteiger partial charge in [0.15, 0.2) is 0 Å². The van der Waals surface area contributed by atoms with E-state index < -0.39 is 8.07 Å². The van der Waals surface area contributed by atoms with Gasteiger partial charge in [0, 0.05) is 22.3 Å². The van der Waals surface area contributed by atoms with Crippen molar-refractivity contribution in [2.24, 2.45) is 0 Å². The number of hydrogen-bond acceptors (Lipinski definition) is 0. The summed E-state index contributed by atoms with van der Waals surface area (Å²) < 4.78 is 2.44. The van der Waals surface area contributed by atoms with Gasteiger partial charge in [-0.3, -0.25) is 0 Å². The van der Waals surface area contributed by atoms with Crippen molar-refractivity contribution in [1.82, 2.24) is 4.57 Å². The number of aryl methyl sites for hydroxylation is 1. The maximum atomic E-state index is 4.22. The standard InChI is InChI=1S/C56H45NSi/c1-56(2,3)41-33-31-40(32-34-41)55-50-28-15-13-25-46(50)48(47-26-14-16-29-51(47)55)37-38-58(43-21-9-5-10-22-43,44-23-11-6-12-24-44)45-35-36-54-52(39-45)49-27-17-18-30-53(49)57(54)42-19-7-4-8-20-42/h4-16,18-26,28-36,39H,17,27H2,1-3H3. The number of aromatic nitrogens is 1. The lowest BCUT2D eigenvalue weighted by atomic mass is 9.84. The normalized spacial score (nSPS) is 12.7. The first kappa shape index (κ1) is 35.7. The molecule has 10 rings (SSSR count). The lowest BCUT2D eigenvalue weighted by Crippen LogP contribution is -2.66. The van der Waals surface area contributed by atoms with Crippen LogP contribution in [0.4, 0.5) is 0 Å². The predicted molar refractivity (Wildman–Crippen MR) is 251 cm³/mol. The summed E-state index contributed by atoms with van der Waals surface area (Å²) in [7, 11) is -3.00. The van der Waals surface area contributed by atoms with Crippen LogP contribution in [0.25, 0.3) is 55.3 Å². The Morgan fingerprint density at radius 1 is 0.534 bits per heavy atom. The number of nitrogens with zero attached hydrogens (tertiary/aromatic N) is 1. The molecule has 0 radical (unpaired) electrons. The Hall–Kier alpha value is -6.66. The number of hydrogen-bond donors (Lipinski definition) is 0. The molecule has 58 heavy (non-hydrogen) atoms. The van der Waals surface area contributed by atoms with E-state index in [9.17, 15) is 0 Å². The second-order valence-electron chi connectivity index (χ2n) is 16.6. The zero-order valence-corrected chi connectivity index (χ0v) is 34.3. The SMILES string of the molecule is CC(C)(C)c1ccc(-c2c3ccccc3c(C#C[Si](c3ccccc3)(c3ccccc3)c3ccc4c(c3)c3c(n4-c4ccccc4)C=CCC3)c3ccccc23)cc1. The van der Waals surface area contributed by atoms with Crippen molar-refractivity contribution in [3.8, 4) is 28.3 Å². The minimum atomic E-state index is -3.00. The molecule has 0 unspecified atom stereocenters. The topological polar surface area (TPSA) is 4.93 Å². The Balaban J connectivity index is 1.26. The summed E-state index contributed by atoms with van der Waals surface area (Å²) in [5.41, 5.74) is 14.4. The van der Waals surface area contributed by atoms with Crippen molar-refractivity contribution in [3.05, 3.63) is 210 Å². The molecule has 8 aromatic carbocycles. The average molecular weight is 760 g/mol. The van der Waals surface area contributed by atoms with Gasteiger partial charge in [-0.05, 0) is 102 Å². The summed E-state index contributed by atoms with van der Waals surface area (Å²) in [6.07, 6.45) is 6.71. The Kier molecular flexibility index (Phi) is 8.85. The van der Waals surface area contributed by atoms with Crippen molar-refractivity contribution < 1.29 is 0 Å². The number of rotatable bonds is 5. The van der Waals surface area contributed by atoms with Crippen LogP contribution in [-0.2, 0) is 11.8 Å². The molecule has 0 saturated carbocycles. The second-order valence-corrected chi connectivity index (χ2v) is 20.1. The molecule has 1 aliphatic carbocycles. The van der Waals surface area contributed by atoms with E-state index in [4.69, 9.17) is 0 Å². The number of allylic oxidation sites excluding steroid dienone is 1. The van der Waals surface area contributed by atoms with Gasteiger partial charge in [0.25, 0.3) is 0 Å². The van der Waals surface area contributed by atoms with Gasteiger partial charge < -0.3 is 4.57 Å². The maximum Gasteiger partial charge on any atom is 0.230 e. The first-order valence-corrected chi connectivity index (χ1v) is 22.5. The molecule has 1 nitrogen and oxygen atoms in total. The molecular formula is C56H45NSi. The molecular weight excluding hydrogens is 715 g/mol. The highest BCUT2D eigenvalue weighted by atomic mass is 28.3. The summed E-state index contributed by atoms with van der Waals surface area (Å²) >= 11 is 0. The number of fused-ring (bicyclic) bond motifs is 5. The molecule has 0 amide bonds. The molecule has 278 valence electrons. The highest BCUT2D eigenvalue weighted by Crippen LogP contribution is 2.40. The summed E-state index contributed by atoms with van der Waals surface area (Å²) in [6.45, 7) is 6.83. The molecule has 0 spiro atoms. The van der Waals surface area contributed by atoms with Crippen molar-refractivity contribution >= 4 is 62.2 Å². The van der Waals surface area contributed by atoms with E-state index in [1.165, 1.54) is 81.6 Å². The van der Waals surface area contributed by atoms with Crippen molar-refractivity contribution in [2.75, 3.05) is 0 Å². The first-order chi connectivity index (χ1) is 28.4. The predicted octanol–water partition coefficient (Wildman–Crippen LogP) is 11.9. The van der Waals surface area contributed by atoms with E-state index in [-0.39, 0.29) is 5.41 Å². The lowest BCUT2D eigenvalue weighted by Gasteiger charge is -2.28. The largest absolute Gasteiger partial charge is 0.310 e. The van der Waals surface area contributed by atoms with Crippen LogP contribution < -0.4 is 15.6 Å². The van der Waals surface area contributed by atoms with Crippen LogP contribution in [0.15, 0.2) is 188 Å². The van der Waals surface area contributed by atoms with E-state index in [1.807, 2.05) is 0 Å². The third-order valence-corrected chi connectivity index (χ3v) is 16.2. The molecule has 0 saturated heterocycles. The smallest absolute Gasteiger partial charge is 0.230 e. The molecule has 9 aromatic rings. The molecule has 1 aliphatic rings. The van der Waals surface area contributed by atoms with Crippen LogP contribution in [0.2, 0.25) is 0 Å². The highest BCUT2D eigenvalue weighted by Gasteiger charge is 2.39. The average Bonchev–Trinajstić information content (AvgIpc) is 3.61. The zero-order valence-electron chi connectivity index (χ0n) is 33.3. The Bertz CT molecular complexity index is 2970. The molecule has 2 heteroatoms. The Morgan fingerprint density at radius 3 is 1.67 bits per heavy atom. The summed E-state index contributed by atoms with van der Waals surface area (Å²) in [5.74, 6) is 4.01. The Morgan fingerprint density at radius 2 is 1.09 bits per heavy atom. The highest BCUT2D eigenvalue weighted by molar-refractivity contribution is 7.17. The van der Waals surface area contributed by atoms with Gasteiger partial charge in [0.05, 0.1) is 5.52 Å². The zero-order chi connectivity index (χ0) is 39.3. The number of para-hydroxylation sites is 1. The van der Waals surface area contributed by atoms with Gasteiger partial charge in [-0.2, -0.15) is 0 Å². The first-order valence-electron chi connectivity index (χ1n) is 20.5. The van der Waals surface area contributed by atoms with Gasteiger partial charge in [-0.25, -0.2) is 0 Å². The van der Waals surface area contributed by atoms with Gasteiger partial charge in [0.1, 0.15) is 0 Å². The van der Waals surface area contributed by atoms with E-state index in [0.29, 0.717) is 0 Å². The third kappa shape index (κ3) is 5.94. The summed E-state index contributed by atoms with van der Waals surface area (Å²) in [5, 5.41) is 10.0. The van der Waals surface area contributed by atoms with Crippen LogP contribution in [0.5, 0.6) is 0 Å². The molecule has 0 bridgehead atoms. The lowest BCUT2D eigenvalue weighted by molar-refractivity contribution is 0.590. The van der Waals surface area contributed by atoms with Crippen LogP contribution in [0.1, 0.15) is 49.6 Å². The van der Waals surface area contributed by atoms with Crippen molar-refractivity contribution in [1.29, 1.82) is 0 Å². The van der Waals surface area contributed by atoms with Crippen LogP contribution in [0, 0.1) is 11.5 Å². The molecule has 0 atom stereocenters. The van der Waals surface area contributed by atoms with Crippen LogP contribution in [0.3, 0.4) is 0 Å². The van der Waals surface area contributed by atoms with Crippen LogP contribution in [-0.4, -0.2) is 12.6 Å². The van der Waals surface area contributed by atoms with E-state index in [2.05, 4.69) is 231 Å². The molecule has 0 aliphatic heterocycles. The quantitative estimate of drug-likeness (QED) is 0.0713. The molecule has 0 fully saturated rings. The van der Waals surface area contributed by atoms with E-state index in [1.54, 1.807) is 0 Å². The molecule has 0 N–H and O–H groups in total. The minimum absolute atomic E-state index is 0.0861. The number of benzene rings is 8. The Labute approximate surface area is 343 Å².